The lowest BCUT2D eigenvalue weighted by Crippen LogP contribution is -2.29. The summed E-state index contributed by atoms with van der Waals surface area (Å²) in [6, 6.07) is 18.6. The minimum absolute atomic E-state index is 0.00707. The molecule has 1 unspecified atom stereocenters. The van der Waals surface area contributed by atoms with Crippen molar-refractivity contribution in [2.45, 2.75) is 19.9 Å². The molecule has 1 N–H and O–H groups in total. The van der Waals surface area contributed by atoms with E-state index in [9.17, 15) is 14.7 Å². The van der Waals surface area contributed by atoms with Gasteiger partial charge < -0.3 is 14.7 Å². The van der Waals surface area contributed by atoms with Gasteiger partial charge in [-0.1, -0.05) is 29.8 Å². The number of carbonyl (C=O) groups excluding carboxylic acids is 2. The van der Waals surface area contributed by atoms with Crippen LogP contribution in [0.4, 0.5) is 11.4 Å². The highest BCUT2D eigenvalue weighted by molar-refractivity contribution is 9.10. The molecule has 0 saturated carbocycles. The van der Waals surface area contributed by atoms with Crippen LogP contribution in [-0.4, -0.2) is 37.0 Å². The summed E-state index contributed by atoms with van der Waals surface area (Å²) in [7, 11) is 1.54. The fourth-order valence-corrected chi connectivity index (χ4v) is 5.19. The first-order valence-corrected chi connectivity index (χ1v) is 12.7. The normalized spacial score (nSPS) is 16.9. The van der Waals surface area contributed by atoms with Gasteiger partial charge in [0.1, 0.15) is 11.5 Å². The Bertz CT molecular complexity index is 1340. The summed E-state index contributed by atoms with van der Waals surface area (Å²) >= 11 is 9.65. The lowest BCUT2D eigenvalue weighted by Gasteiger charge is -2.27. The van der Waals surface area contributed by atoms with E-state index < -0.39 is 17.7 Å². The van der Waals surface area contributed by atoms with Crippen LogP contribution >= 0.6 is 27.5 Å². The summed E-state index contributed by atoms with van der Waals surface area (Å²) in [5.74, 6) is -1.19. The average molecular weight is 570 g/mol. The SMILES string of the molecule is CCN(CC)c1ccc(C2/C(=C(\O)c3ccc(OC)c(Br)c3)C(=O)C(=O)N2c2cccc(Cl)c2)cc1. The molecule has 1 fully saturated rings. The van der Waals surface area contributed by atoms with Crippen LogP contribution in [0.15, 0.2) is 76.8 Å². The number of hydrogen-bond acceptors (Lipinski definition) is 5. The first kappa shape index (κ1) is 25.8. The van der Waals surface area contributed by atoms with E-state index in [0.29, 0.717) is 32.1 Å². The fraction of sp³-hybridized carbons (Fsp3) is 0.214. The van der Waals surface area contributed by atoms with Crippen molar-refractivity contribution in [2.24, 2.45) is 0 Å². The molecular weight excluding hydrogens is 544 g/mol. The quantitative estimate of drug-likeness (QED) is 0.198. The van der Waals surface area contributed by atoms with Crippen LogP contribution < -0.4 is 14.5 Å². The molecule has 1 saturated heterocycles. The predicted octanol–water partition coefficient (Wildman–Crippen LogP) is 6.58. The van der Waals surface area contributed by atoms with Crippen molar-refractivity contribution in [3.8, 4) is 5.75 Å². The molecule has 4 rings (SSSR count). The van der Waals surface area contributed by atoms with Crippen molar-refractivity contribution in [2.75, 3.05) is 30.0 Å². The summed E-state index contributed by atoms with van der Waals surface area (Å²) < 4.78 is 5.89. The zero-order valence-corrected chi connectivity index (χ0v) is 22.5. The molecule has 36 heavy (non-hydrogen) atoms. The van der Waals surface area contributed by atoms with E-state index in [2.05, 4.69) is 34.7 Å². The topological polar surface area (TPSA) is 70.1 Å². The Balaban J connectivity index is 1.90. The molecule has 8 heteroatoms. The number of rotatable bonds is 7. The number of halogens is 2. The zero-order chi connectivity index (χ0) is 26.0. The minimum atomic E-state index is -0.838. The van der Waals surface area contributed by atoms with Crippen molar-refractivity contribution in [1.82, 2.24) is 0 Å². The molecule has 3 aromatic rings. The fourth-order valence-electron chi connectivity index (χ4n) is 4.47. The Labute approximate surface area is 223 Å². The van der Waals surface area contributed by atoms with Crippen LogP contribution in [0.1, 0.15) is 31.0 Å². The Morgan fingerprint density at radius 1 is 1.06 bits per heavy atom. The molecule has 0 radical (unpaired) electrons. The van der Waals surface area contributed by atoms with Gasteiger partial charge in [-0.05, 0) is 83.9 Å². The first-order chi connectivity index (χ1) is 17.3. The maximum atomic E-state index is 13.4. The largest absolute Gasteiger partial charge is 0.507 e. The Hall–Kier alpha value is -3.29. The van der Waals surface area contributed by atoms with Gasteiger partial charge >= 0.3 is 0 Å². The lowest BCUT2D eigenvalue weighted by atomic mass is 9.94. The molecule has 1 amide bonds. The van der Waals surface area contributed by atoms with Crippen molar-refractivity contribution < 1.29 is 19.4 Å². The molecule has 6 nitrogen and oxygen atoms in total. The van der Waals surface area contributed by atoms with Crippen LogP contribution in [-0.2, 0) is 9.59 Å². The van der Waals surface area contributed by atoms with E-state index in [1.165, 1.54) is 12.0 Å². The lowest BCUT2D eigenvalue weighted by molar-refractivity contribution is -0.132. The standard InChI is InChI=1S/C28H26BrClN2O4/c1-4-31(5-2)20-12-9-17(10-13-20)25-24(26(33)18-11-14-23(36-3)22(29)15-18)27(34)28(35)32(25)21-8-6-7-19(30)16-21/h6-16,25,33H,4-5H2,1-3H3/b26-24+. The van der Waals surface area contributed by atoms with E-state index >= 15 is 0 Å². The molecule has 3 aromatic carbocycles. The Kier molecular flexibility index (Phi) is 7.71. The molecule has 0 aromatic heterocycles. The van der Waals surface area contributed by atoms with Gasteiger partial charge in [-0.15, -0.1) is 0 Å². The van der Waals surface area contributed by atoms with Gasteiger partial charge in [-0.25, -0.2) is 0 Å². The van der Waals surface area contributed by atoms with Crippen molar-refractivity contribution in [3.05, 3.63) is 92.9 Å². The average Bonchev–Trinajstić information content (AvgIpc) is 3.15. The number of ether oxygens (including phenoxy) is 1. The van der Waals surface area contributed by atoms with Crippen molar-refractivity contribution in [1.29, 1.82) is 0 Å². The molecule has 0 aliphatic carbocycles. The number of nitrogens with zero attached hydrogens (tertiary/aromatic N) is 2. The molecule has 1 aliphatic heterocycles. The van der Waals surface area contributed by atoms with E-state index in [1.807, 2.05) is 24.3 Å². The third-order valence-electron chi connectivity index (χ3n) is 6.29. The van der Waals surface area contributed by atoms with E-state index in [-0.39, 0.29) is 11.3 Å². The van der Waals surface area contributed by atoms with Gasteiger partial charge in [0, 0.05) is 35.1 Å². The number of anilines is 2. The highest BCUT2D eigenvalue weighted by Gasteiger charge is 2.47. The highest BCUT2D eigenvalue weighted by Crippen LogP contribution is 2.43. The molecule has 1 aliphatic rings. The van der Waals surface area contributed by atoms with Crippen LogP contribution in [0.3, 0.4) is 0 Å². The maximum Gasteiger partial charge on any atom is 0.300 e. The maximum absolute atomic E-state index is 13.4. The summed E-state index contributed by atoms with van der Waals surface area (Å²) in [6.07, 6.45) is 0. The third kappa shape index (κ3) is 4.73. The van der Waals surface area contributed by atoms with Gasteiger partial charge in [0.25, 0.3) is 11.7 Å². The van der Waals surface area contributed by atoms with Crippen LogP contribution in [0.5, 0.6) is 5.75 Å². The first-order valence-electron chi connectivity index (χ1n) is 11.6. The number of hydrogen-bond donors (Lipinski definition) is 1. The summed E-state index contributed by atoms with van der Waals surface area (Å²) in [5.41, 5.74) is 2.59. The van der Waals surface area contributed by atoms with Gasteiger partial charge in [-0.2, -0.15) is 0 Å². The molecule has 186 valence electrons. The van der Waals surface area contributed by atoms with Crippen LogP contribution in [0, 0.1) is 0 Å². The summed E-state index contributed by atoms with van der Waals surface area (Å²) in [4.78, 5) is 30.3. The molecule has 1 atom stereocenters. The summed E-state index contributed by atoms with van der Waals surface area (Å²) in [6.45, 7) is 5.86. The smallest absolute Gasteiger partial charge is 0.300 e. The number of methoxy groups -OCH3 is 1. The molecule has 0 spiro atoms. The zero-order valence-electron chi connectivity index (χ0n) is 20.2. The Morgan fingerprint density at radius 3 is 2.33 bits per heavy atom. The Morgan fingerprint density at radius 2 is 1.75 bits per heavy atom. The third-order valence-corrected chi connectivity index (χ3v) is 7.15. The van der Waals surface area contributed by atoms with E-state index in [1.54, 1.807) is 42.5 Å². The van der Waals surface area contributed by atoms with Gasteiger partial charge in [-0.3, -0.25) is 14.5 Å². The predicted molar refractivity (Wildman–Crippen MR) is 147 cm³/mol. The number of aliphatic hydroxyl groups is 1. The number of benzene rings is 3. The summed E-state index contributed by atoms with van der Waals surface area (Å²) in [5, 5.41) is 11.8. The number of Topliss-reactive ketones (excluding diaryl/α,β-unsaturated/α-hetero) is 1. The van der Waals surface area contributed by atoms with Crippen LogP contribution in [0.25, 0.3) is 5.76 Å². The molecular formula is C28H26BrClN2O4. The van der Waals surface area contributed by atoms with Crippen molar-refractivity contribution in [3.63, 3.8) is 0 Å². The van der Waals surface area contributed by atoms with E-state index in [4.69, 9.17) is 16.3 Å². The second-order valence-electron chi connectivity index (χ2n) is 8.26. The number of amides is 1. The van der Waals surface area contributed by atoms with E-state index in [0.717, 1.165) is 18.8 Å². The second kappa shape index (κ2) is 10.8. The van der Waals surface area contributed by atoms with Gasteiger partial charge in [0.05, 0.1) is 23.2 Å². The van der Waals surface area contributed by atoms with Gasteiger partial charge in [0.2, 0.25) is 0 Å². The second-order valence-corrected chi connectivity index (χ2v) is 9.55. The molecule has 1 heterocycles. The minimum Gasteiger partial charge on any atom is -0.507 e. The number of ketones is 1. The monoisotopic (exact) mass is 568 g/mol. The number of carbonyl (C=O) groups is 2. The highest BCUT2D eigenvalue weighted by atomic mass is 79.9. The molecule has 0 bridgehead atoms. The van der Waals surface area contributed by atoms with Gasteiger partial charge in [0.15, 0.2) is 0 Å². The van der Waals surface area contributed by atoms with Crippen LogP contribution in [0.2, 0.25) is 5.02 Å². The number of aliphatic hydroxyl groups excluding tert-OH is 1. The van der Waals surface area contributed by atoms with Crippen molar-refractivity contribution >= 4 is 56.4 Å².